The number of methoxy groups -OCH3 is 1. The van der Waals surface area contributed by atoms with Crippen LogP contribution in [0, 0.1) is 0 Å². The van der Waals surface area contributed by atoms with E-state index in [0.717, 1.165) is 11.4 Å². The molecule has 7 heteroatoms. The highest BCUT2D eigenvalue weighted by atomic mass is 16.5. The van der Waals surface area contributed by atoms with Gasteiger partial charge < -0.3 is 4.74 Å². The van der Waals surface area contributed by atoms with E-state index < -0.39 is 5.97 Å². The van der Waals surface area contributed by atoms with Crippen molar-refractivity contribution in [2.75, 3.05) is 7.11 Å². The van der Waals surface area contributed by atoms with Gasteiger partial charge in [0.15, 0.2) is 5.69 Å². The summed E-state index contributed by atoms with van der Waals surface area (Å²) < 4.78 is 8.07. The highest BCUT2D eigenvalue weighted by Crippen LogP contribution is 2.09. The molecule has 0 aliphatic rings. The van der Waals surface area contributed by atoms with Gasteiger partial charge in [-0.1, -0.05) is 12.1 Å². The van der Waals surface area contributed by atoms with Gasteiger partial charge in [0.1, 0.15) is 0 Å². The van der Waals surface area contributed by atoms with Gasteiger partial charge in [0.25, 0.3) is 0 Å². The van der Waals surface area contributed by atoms with Crippen LogP contribution in [0.2, 0.25) is 0 Å². The monoisotopic (exact) mass is 249 g/mol. The quantitative estimate of drug-likeness (QED) is 0.734. The Morgan fingerprint density at radius 2 is 2.28 bits per heavy atom. The number of hydrogen-bond donors (Lipinski definition) is 0. The van der Waals surface area contributed by atoms with Crippen LogP contribution in [0.15, 0.2) is 12.3 Å². The lowest BCUT2D eigenvalue weighted by atomic mass is 10.2. The molecule has 0 unspecified atom stereocenters. The first kappa shape index (κ1) is 12.3. The Kier molecular flexibility index (Phi) is 3.40. The lowest BCUT2D eigenvalue weighted by molar-refractivity contribution is 0.0592. The summed E-state index contributed by atoms with van der Waals surface area (Å²) in [6.45, 7) is 2.44. The van der Waals surface area contributed by atoms with E-state index in [4.69, 9.17) is 0 Å². The molecule has 0 saturated carbocycles. The molecule has 18 heavy (non-hydrogen) atoms. The maximum atomic E-state index is 11.5. The molecule has 2 aromatic heterocycles. The van der Waals surface area contributed by atoms with Gasteiger partial charge in [-0.25, -0.2) is 9.48 Å². The normalized spacial score (nSPS) is 10.6. The van der Waals surface area contributed by atoms with Gasteiger partial charge >= 0.3 is 5.97 Å². The first-order valence-corrected chi connectivity index (χ1v) is 5.65. The number of carbonyl (C=O) groups is 1. The number of ether oxygens (including phenoxy) is 1. The third-order valence-corrected chi connectivity index (χ3v) is 2.63. The van der Waals surface area contributed by atoms with E-state index >= 15 is 0 Å². The first-order chi connectivity index (χ1) is 8.65. The highest BCUT2D eigenvalue weighted by molar-refractivity contribution is 5.88. The fraction of sp³-hybridized carbons (Fsp3) is 0.455. The summed E-state index contributed by atoms with van der Waals surface area (Å²) in [5, 5.41) is 12.1. The minimum Gasteiger partial charge on any atom is -0.464 e. The number of esters is 1. The maximum absolute atomic E-state index is 11.5. The van der Waals surface area contributed by atoms with Crippen molar-refractivity contribution < 1.29 is 9.53 Å². The molecule has 0 fully saturated rings. The molecule has 0 spiro atoms. The number of carbonyl (C=O) groups excluding carboxylic acids is 1. The second-order valence-corrected chi connectivity index (χ2v) is 3.87. The summed E-state index contributed by atoms with van der Waals surface area (Å²) >= 11 is 0. The third-order valence-electron chi connectivity index (χ3n) is 2.63. The molecule has 96 valence electrons. The topological polar surface area (TPSA) is 74.8 Å². The fourth-order valence-electron chi connectivity index (χ4n) is 1.77. The second-order valence-electron chi connectivity index (χ2n) is 3.87. The average Bonchev–Trinajstić information content (AvgIpc) is 2.95. The van der Waals surface area contributed by atoms with Gasteiger partial charge in [0.05, 0.1) is 25.0 Å². The van der Waals surface area contributed by atoms with Crippen LogP contribution in [-0.2, 0) is 24.8 Å². The summed E-state index contributed by atoms with van der Waals surface area (Å²) in [6, 6.07) is 1.90. The lowest BCUT2D eigenvalue weighted by Crippen LogP contribution is -2.10. The van der Waals surface area contributed by atoms with E-state index in [1.54, 1.807) is 9.36 Å². The molecule has 0 aliphatic heterocycles. The van der Waals surface area contributed by atoms with Gasteiger partial charge in [-0.15, -0.1) is 5.10 Å². The van der Waals surface area contributed by atoms with Crippen LogP contribution in [0.5, 0.6) is 0 Å². The molecule has 7 nitrogen and oxygen atoms in total. The van der Waals surface area contributed by atoms with Crippen LogP contribution in [0.1, 0.15) is 28.8 Å². The fourth-order valence-corrected chi connectivity index (χ4v) is 1.77. The van der Waals surface area contributed by atoms with Crippen molar-refractivity contribution in [1.82, 2.24) is 24.8 Å². The molecule has 2 rings (SSSR count). The average molecular weight is 249 g/mol. The van der Waals surface area contributed by atoms with Crippen molar-refractivity contribution in [1.29, 1.82) is 0 Å². The molecule has 0 N–H and O–H groups in total. The predicted octanol–water partition coefficient (Wildman–Crippen LogP) is 0.409. The summed E-state index contributed by atoms with van der Waals surface area (Å²) in [5.74, 6) is -0.459. The standard InChI is InChI=1S/C11H15N5O2/c1-4-9-10(11(17)18-3)12-14-16(9)7-8-5-6-15(2)13-8/h5-6H,4,7H2,1-3H3. The van der Waals surface area contributed by atoms with Crippen LogP contribution in [0.3, 0.4) is 0 Å². The molecule has 0 amide bonds. The molecule has 2 heterocycles. The Hall–Kier alpha value is -2.18. The molecule has 0 aromatic carbocycles. The molecule has 2 aromatic rings. The van der Waals surface area contributed by atoms with Crippen molar-refractivity contribution >= 4 is 5.97 Å². The van der Waals surface area contributed by atoms with Crippen LogP contribution in [-0.4, -0.2) is 37.9 Å². The molecule has 0 saturated heterocycles. The zero-order valence-corrected chi connectivity index (χ0v) is 10.6. The van der Waals surface area contributed by atoms with E-state index in [-0.39, 0.29) is 5.69 Å². The van der Waals surface area contributed by atoms with E-state index in [0.29, 0.717) is 13.0 Å². The van der Waals surface area contributed by atoms with E-state index in [1.807, 2.05) is 26.2 Å². The van der Waals surface area contributed by atoms with E-state index in [1.165, 1.54) is 7.11 Å². The van der Waals surface area contributed by atoms with Crippen LogP contribution >= 0.6 is 0 Å². The number of aromatic nitrogens is 5. The van der Waals surface area contributed by atoms with Crippen molar-refractivity contribution in [2.24, 2.45) is 7.05 Å². The molecule has 0 radical (unpaired) electrons. The molecule has 0 atom stereocenters. The van der Waals surface area contributed by atoms with Crippen LogP contribution < -0.4 is 0 Å². The lowest BCUT2D eigenvalue weighted by Gasteiger charge is -2.03. The minimum atomic E-state index is -0.459. The summed E-state index contributed by atoms with van der Waals surface area (Å²) in [6.07, 6.45) is 2.52. The number of rotatable bonds is 4. The second kappa shape index (κ2) is 4.99. The summed E-state index contributed by atoms with van der Waals surface area (Å²) in [5.41, 5.74) is 1.90. The van der Waals surface area contributed by atoms with Gasteiger partial charge in [0.2, 0.25) is 0 Å². The Morgan fingerprint density at radius 3 is 2.83 bits per heavy atom. The van der Waals surface area contributed by atoms with Crippen molar-refractivity contribution in [3.63, 3.8) is 0 Å². The minimum absolute atomic E-state index is 0.274. The van der Waals surface area contributed by atoms with E-state index in [9.17, 15) is 4.79 Å². The SMILES string of the molecule is CCc1c(C(=O)OC)nnn1Cc1ccn(C)n1. The van der Waals surface area contributed by atoms with Gasteiger partial charge in [-0.3, -0.25) is 4.68 Å². The number of nitrogens with zero attached hydrogens (tertiary/aromatic N) is 5. The van der Waals surface area contributed by atoms with Crippen LogP contribution in [0.4, 0.5) is 0 Å². The number of aryl methyl sites for hydroxylation is 1. The van der Waals surface area contributed by atoms with Gasteiger partial charge in [0, 0.05) is 13.2 Å². The van der Waals surface area contributed by atoms with Crippen molar-refractivity contribution in [3.8, 4) is 0 Å². The van der Waals surface area contributed by atoms with Crippen molar-refractivity contribution in [3.05, 3.63) is 29.3 Å². The molecule has 0 aliphatic carbocycles. The zero-order chi connectivity index (χ0) is 13.1. The van der Waals surface area contributed by atoms with E-state index in [2.05, 4.69) is 20.1 Å². The Morgan fingerprint density at radius 1 is 1.50 bits per heavy atom. The molecular weight excluding hydrogens is 234 g/mol. The largest absolute Gasteiger partial charge is 0.464 e. The summed E-state index contributed by atoms with van der Waals surface area (Å²) in [4.78, 5) is 11.5. The maximum Gasteiger partial charge on any atom is 0.360 e. The zero-order valence-electron chi connectivity index (χ0n) is 10.6. The third kappa shape index (κ3) is 2.24. The highest BCUT2D eigenvalue weighted by Gasteiger charge is 2.19. The van der Waals surface area contributed by atoms with Crippen molar-refractivity contribution in [2.45, 2.75) is 19.9 Å². The smallest absolute Gasteiger partial charge is 0.360 e. The summed E-state index contributed by atoms with van der Waals surface area (Å²) in [7, 11) is 3.19. The predicted molar refractivity (Wildman–Crippen MR) is 63.0 cm³/mol. The number of hydrogen-bond acceptors (Lipinski definition) is 5. The molecular formula is C11H15N5O2. The Labute approximate surface area is 104 Å². The van der Waals surface area contributed by atoms with Gasteiger partial charge in [-0.2, -0.15) is 5.10 Å². The Balaban J connectivity index is 2.28. The Bertz CT molecular complexity index is 558. The van der Waals surface area contributed by atoms with Gasteiger partial charge in [-0.05, 0) is 12.5 Å². The first-order valence-electron chi connectivity index (χ1n) is 5.65. The molecule has 0 bridgehead atoms. The van der Waals surface area contributed by atoms with Crippen LogP contribution in [0.25, 0.3) is 0 Å².